The van der Waals surface area contributed by atoms with Gasteiger partial charge < -0.3 is 24.4 Å². The number of rotatable bonds is 28. The minimum absolute atomic E-state index is 0.209. The maximum Gasteiger partial charge on any atom is 0.149 e. The lowest BCUT2D eigenvalue weighted by molar-refractivity contribution is -0.167. The highest BCUT2D eigenvalue weighted by Crippen LogP contribution is 2.16. The topological polar surface area (TPSA) is 68.2 Å². The number of hydrogen-bond acceptors (Lipinski definition) is 5. The number of ether oxygens (including phenoxy) is 3. The van der Waals surface area contributed by atoms with Gasteiger partial charge in [0.25, 0.3) is 0 Å². The summed E-state index contributed by atoms with van der Waals surface area (Å²) in [5.41, 5.74) is 0. The van der Waals surface area contributed by atoms with E-state index in [1.54, 1.807) is 0 Å². The van der Waals surface area contributed by atoms with Gasteiger partial charge in [-0.3, -0.25) is 0 Å². The number of allylic oxidation sites excluding steroid dienone is 2. The van der Waals surface area contributed by atoms with Gasteiger partial charge in [0.1, 0.15) is 13.6 Å². The first-order chi connectivity index (χ1) is 17.3. The first-order valence-corrected chi connectivity index (χ1v) is 14.6. The van der Waals surface area contributed by atoms with Gasteiger partial charge in [0, 0.05) is 13.2 Å². The summed E-state index contributed by atoms with van der Waals surface area (Å²) < 4.78 is 17.9. The summed E-state index contributed by atoms with van der Waals surface area (Å²) in [6.07, 6.45) is 29.0. The van der Waals surface area contributed by atoms with Gasteiger partial charge in [0.15, 0.2) is 0 Å². The Morgan fingerprint density at radius 3 is 1.31 bits per heavy atom. The van der Waals surface area contributed by atoms with Crippen molar-refractivity contribution in [3.8, 4) is 0 Å². The van der Waals surface area contributed by atoms with Gasteiger partial charge in [-0.1, -0.05) is 102 Å². The smallest absolute Gasteiger partial charge is 0.149 e. The van der Waals surface area contributed by atoms with Gasteiger partial charge in [0.05, 0.1) is 12.2 Å². The Bertz CT molecular complexity index is 412. The lowest BCUT2D eigenvalue weighted by atomic mass is 10.0. The number of unbranched alkanes of at least 4 members (excludes halogenated alkanes) is 8. The van der Waals surface area contributed by atoms with E-state index in [1.165, 1.54) is 64.2 Å². The van der Waals surface area contributed by atoms with E-state index in [-0.39, 0.29) is 39.0 Å². The molecule has 2 N–H and O–H groups in total. The molecule has 0 aromatic rings. The summed E-state index contributed by atoms with van der Waals surface area (Å²) in [4.78, 5) is 0. The van der Waals surface area contributed by atoms with Crippen LogP contribution in [-0.4, -0.2) is 49.2 Å². The molecule has 0 spiro atoms. The van der Waals surface area contributed by atoms with E-state index in [4.69, 9.17) is 24.4 Å². The second-order valence-electron chi connectivity index (χ2n) is 9.55. The molecule has 0 bridgehead atoms. The van der Waals surface area contributed by atoms with E-state index in [1.807, 2.05) is 12.2 Å². The van der Waals surface area contributed by atoms with Gasteiger partial charge in [-0.05, 0) is 51.4 Å². The van der Waals surface area contributed by atoms with E-state index in [0.717, 1.165) is 51.4 Å². The highest BCUT2D eigenvalue weighted by molar-refractivity contribution is 4.83. The molecule has 0 aliphatic rings. The predicted molar refractivity (Wildman–Crippen MR) is 147 cm³/mol. The van der Waals surface area contributed by atoms with Crippen molar-refractivity contribution in [1.82, 2.24) is 0 Å². The summed E-state index contributed by atoms with van der Waals surface area (Å²) in [6, 6.07) is 0. The fraction of sp³-hybridized carbons (Fsp3) is 0.867. The van der Waals surface area contributed by atoms with Gasteiger partial charge in [-0.25, -0.2) is 0 Å². The highest BCUT2D eigenvalue weighted by atomic mass is 16.7. The minimum Gasteiger partial charge on any atom is -0.396 e. The van der Waals surface area contributed by atoms with Crippen molar-refractivity contribution in [2.45, 2.75) is 142 Å². The predicted octanol–water partition coefficient (Wildman–Crippen LogP) is 7.85. The fourth-order valence-corrected chi connectivity index (χ4v) is 4.08. The molecule has 0 aliphatic heterocycles. The van der Waals surface area contributed by atoms with Crippen molar-refractivity contribution >= 4 is 0 Å². The summed E-state index contributed by atoms with van der Waals surface area (Å²) in [7, 11) is 0. The molecule has 0 heterocycles. The maximum atomic E-state index is 8.91. The van der Waals surface area contributed by atoms with Crippen LogP contribution in [0.5, 0.6) is 0 Å². The third kappa shape index (κ3) is 26.2. The quantitative estimate of drug-likeness (QED) is 0.0653. The lowest BCUT2D eigenvalue weighted by Gasteiger charge is -2.20. The van der Waals surface area contributed by atoms with Gasteiger partial charge in [-0.2, -0.15) is 0 Å². The third-order valence-electron chi connectivity index (χ3n) is 6.27. The summed E-state index contributed by atoms with van der Waals surface area (Å²) in [5, 5.41) is 17.8. The first-order valence-electron chi connectivity index (χ1n) is 14.6. The second-order valence-corrected chi connectivity index (χ2v) is 9.55. The molecule has 0 amide bonds. The van der Waals surface area contributed by atoms with Gasteiger partial charge in [-0.15, -0.1) is 0 Å². The summed E-state index contributed by atoms with van der Waals surface area (Å²) in [5.74, 6) is 0. The Labute approximate surface area is 217 Å². The Morgan fingerprint density at radius 2 is 0.914 bits per heavy atom. The van der Waals surface area contributed by atoms with Crippen molar-refractivity contribution < 1.29 is 24.4 Å². The summed E-state index contributed by atoms with van der Waals surface area (Å²) >= 11 is 0. The molecule has 5 heteroatoms. The van der Waals surface area contributed by atoms with Crippen LogP contribution in [-0.2, 0) is 14.2 Å². The Morgan fingerprint density at radius 1 is 0.514 bits per heavy atom. The molecule has 0 aliphatic carbocycles. The first kappa shape index (κ1) is 34.3. The molecular weight excluding hydrogens is 440 g/mol. The zero-order chi connectivity index (χ0) is 25.7. The van der Waals surface area contributed by atoms with Crippen molar-refractivity contribution in [3.05, 3.63) is 24.3 Å². The molecule has 2 atom stereocenters. The molecule has 0 aromatic heterocycles. The third-order valence-corrected chi connectivity index (χ3v) is 6.27. The van der Waals surface area contributed by atoms with E-state index >= 15 is 0 Å². The molecule has 0 radical (unpaired) electrons. The minimum atomic E-state index is 0.209. The standard InChI is InChI=1S/C30H58O5/c1-3-5-7-9-15-21-29(23-17-11-13-19-25-31)34-27-33-28-35-30(22-16-10-8-6-4-2)24-18-12-14-20-26-32/h11-14,29-32H,3-10,15-28H2,1-2H3/b13-11-,14-12-. The molecular formula is C30H58O5. The Hall–Kier alpha value is -0.720. The molecule has 5 nitrogen and oxygen atoms in total. The molecule has 208 valence electrons. The lowest BCUT2D eigenvalue weighted by Crippen LogP contribution is -2.19. The van der Waals surface area contributed by atoms with Crippen LogP contribution in [0.1, 0.15) is 129 Å². The Kier molecular flexibility index (Phi) is 28.9. The number of hydrogen-bond donors (Lipinski definition) is 2. The van der Waals surface area contributed by atoms with E-state index in [9.17, 15) is 0 Å². The van der Waals surface area contributed by atoms with E-state index in [2.05, 4.69) is 26.0 Å². The average Bonchev–Trinajstić information content (AvgIpc) is 2.86. The van der Waals surface area contributed by atoms with E-state index in [0.29, 0.717) is 0 Å². The molecule has 2 unspecified atom stereocenters. The zero-order valence-electron chi connectivity index (χ0n) is 23.1. The molecule has 0 saturated heterocycles. The largest absolute Gasteiger partial charge is 0.396 e. The van der Waals surface area contributed by atoms with Gasteiger partial charge >= 0.3 is 0 Å². The number of aliphatic hydroxyl groups is 2. The maximum absolute atomic E-state index is 8.91. The van der Waals surface area contributed by atoms with Crippen LogP contribution in [0.15, 0.2) is 24.3 Å². The van der Waals surface area contributed by atoms with Gasteiger partial charge in [0.2, 0.25) is 0 Å². The molecule has 0 aromatic carbocycles. The van der Waals surface area contributed by atoms with Crippen molar-refractivity contribution in [2.75, 3.05) is 26.8 Å². The fourth-order valence-electron chi connectivity index (χ4n) is 4.08. The number of aliphatic hydroxyl groups excluding tert-OH is 2. The van der Waals surface area contributed by atoms with Crippen molar-refractivity contribution in [2.24, 2.45) is 0 Å². The average molecular weight is 499 g/mol. The SMILES string of the molecule is CCCCCCCC(CC/C=C\CCO)OCOCOC(CC/C=C\CCO)CCCCCCC. The van der Waals surface area contributed by atoms with Crippen LogP contribution in [0.25, 0.3) is 0 Å². The highest BCUT2D eigenvalue weighted by Gasteiger charge is 2.11. The molecule has 0 rings (SSSR count). The van der Waals surface area contributed by atoms with Crippen LogP contribution in [0.3, 0.4) is 0 Å². The molecule has 35 heavy (non-hydrogen) atoms. The normalized spacial score (nSPS) is 13.8. The van der Waals surface area contributed by atoms with Crippen molar-refractivity contribution in [3.63, 3.8) is 0 Å². The van der Waals surface area contributed by atoms with Crippen molar-refractivity contribution in [1.29, 1.82) is 0 Å². The van der Waals surface area contributed by atoms with Crippen LogP contribution in [0.4, 0.5) is 0 Å². The van der Waals surface area contributed by atoms with Crippen LogP contribution >= 0.6 is 0 Å². The second kappa shape index (κ2) is 29.5. The van der Waals surface area contributed by atoms with Crippen LogP contribution in [0, 0.1) is 0 Å². The Balaban J connectivity index is 4.30. The zero-order valence-corrected chi connectivity index (χ0v) is 23.1. The van der Waals surface area contributed by atoms with Crippen LogP contribution in [0.2, 0.25) is 0 Å². The van der Waals surface area contributed by atoms with E-state index < -0.39 is 0 Å². The summed E-state index contributed by atoms with van der Waals surface area (Å²) in [6.45, 7) is 5.46. The monoisotopic (exact) mass is 498 g/mol. The molecule has 0 saturated carbocycles. The molecule has 0 fully saturated rings. The van der Waals surface area contributed by atoms with Crippen LogP contribution < -0.4 is 0 Å².